The number of fused-ring (bicyclic) bond motifs is 5. The molecule has 31 heavy (non-hydrogen) atoms. The van der Waals surface area contributed by atoms with Gasteiger partial charge in [-0.25, -0.2) is 4.99 Å². The van der Waals surface area contributed by atoms with Gasteiger partial charge in [-0.3, -0.25) is 4.98 Å². The maximum absolute atomic E-state index is 6.24. The van der Waals surface area contributed by atoms with Gasteiger partial charge in [0.2, 0.25) is 0 Å². The van der Waals surface area contributed by atoms with Crippen LogP contribution in [-0.2, 0) is 10.3 Å². The number of aromatic nitrogens is 1. The van der Waals surface area contributed by atoms with Crippen LogP contribution in [-0.4, -0.2) is 24.7 Å². The van der Waals surface area contributed by atoms with Gasteiger partial charge in [0, 0.05) is 28.3 Å². The Balaban J connectivity index is 1.60. The van der Waals surface area contributed by atoms with Gasteiger partial charge in [0.1, 0.15) is 23.9 Å². The van der Waals surface area contributed by atoms with Gasteiger partial charge >= 0.3 is 0 Å². The van der Waals surface area contributed by atoms with E-state index in [0.29, 0.717) is 6.61 Å². The summed E-state index contributed by atoms with van der Waals surface area (Å²) in [4.78, 5) is 9.36. The van der Waals surface area contributed by atoms with Crippen LogP contribution < -0.4 is 15.2 Å². The van der Waals surface area contributed by atoms with Crippen LogP contribution in [0.1, 0.15) is 11.1 Å². The van der Waals surface area contributed by atoms with Crippen molar-refractivity contribution in [1.29, 1.82) is 0 Å². The lowest BCUT2D eigenvalue weighted by Crippen LogP contribution is -2.31. The molecule has 2 aliphatic heterocycles. The molecule has 1 atom stereocenters. The fourth-order valence-electron chi connectivity index (χ4n) is 4.47. The molecule has 6 nitrogen and oxygen atoms in total. The molecule has 2 aliphatic rings. The van der Waals surface area contributed by atoms with Crippen LogP contribution in [0.3, 0.4) is 0 Å². The number of para-hydroxylation sites is 1. The zero-order chi connectivity index (χ0) is 21.0. The van der Waals surface area contributed by atoms with E-state index in [0.717, 1.165) is 50.4 Å². The van der Waals surface area contributed by atoms with Crippen molar-refractivity contribution in [3.63, 3.8) is 0 Å². The number of benzene rings is 3. The number of ether oxygens (including phenoxy) is 3. The van der Waals surface area contributed by atoms with Gasteiger partial charge in [0.15, 0.2) is 5.54 Å². The predicted octanol–water partition coefficient (Wildman–Crippen LogP) is 4.60. The van der Waals surface area contributed by atoms with Gasteiger partial charge in [-0.1, -0.05) is 30.3 Å². The molecule has 0 amide bonds. The fourth-order valence-corrected chi connectivity index (χ4v) is 4.47. The van der Waals surface area contributed by atoms with E-state index in [1.807, 2.05) is 48.7 Å². The Labute approximate surface area is 178 Å². The molecule has 2 N–H and O–H groups in total. The van der Waals surface area contributed by atoms with Crippen molar-refractivity contribution in [1.82, 2.24) is 4.98 Å². The highest BCUT2D eigenvalue weighted by Gasteiger charge is 2.47. The minimum absolute atomic E-state index is 0.166. The molecular weight excluding hydrogens is 390 g/mol. The van der Waals surface area contributed by atoms with Crippen LogP contribution in [0, 0.1) is 0 Å². The minimum Gasteiger partial charge on any atom is -0.497 e. The normalized spacial score (nSPS) is 18.7. The first kappa shape index (κ1) is 17.8. The Morgan fingerprint density at radius 2 is 1.77 bits per heavy atom. The molecule has 0 radical (unpaired) electrons. The first-order chi connectivity index (χ1) is 15.2. The van der Waals surface area contributed by atoms with Gasteiger partial charge in [0.05, 0.1) is 12.6 Å². The molecule has 0 bridgehead atoms. The summed E-state index contributed by atoms with van der Waals surface area (Å²) < 4.78 is 17.4. The number of hydrogen-bond acceptors (Lipinski definition) is 6. The van der Waals surface area contributed by atoms with Crippen molar-refractivity contribution < 1.29 is 14.2 Å². The Morgan fingerprint density at radius 3 is 2.58 bits per heavy atom. The fraction of sp³-hybridized carbons (Fsp3) is 0.120. The van der Waals surface area contributed by atoms with E-state index in [1.54, 1.807) is 7.11 Å². The Bertz CT molecular complexity index is 1380. The maximum Gasteiger partial charge on any atom is 0.283 e. The summed E-state index contributed by atoms with van der Waals surface area (Å²) in [6.07, 6.45) is 1.81. The summed E-state index contributed by atoms with van der Waals surface area (Å²) in [5.41, 5.74) is 9.99. The second kappa shape index (κ2) is 6.47. The third kappa shape index (κ3) is 2.58. The molecule has 6 heteroatoms. The molecular formula is C25H19N3O3. The van der Waals surface area contributed by atoms with Gasteiger partial charge in [-0.2, -0.15) is 0 Å². The number of methoxy groups -OCH3 is 1. The zero-order valence-electron chi connectivity index (χ0n) is 16.8. The summed E-state index contributed by atoms with van der Waals surface area (Å²) in [7, 11) is 1.64. The van der Waals surface area contributed by atoms with Crippen LogP contribution in [0.15, 0.2) is 77.9 Å². The van der Waals surface area contributed by atoms with Gasteiger partial charge in [-0.05, 0) is 42.0 Å². The van der Waals surface area contributed by atoms with Gasteiger partial charge in [-0.15, -0.1) is 0 Å². The summed E-state index contributed by atoms with van der Waals surface area (Å²) >= 11 is 0. The maximum atomic E-state index is 6.24. The van der Waals surface area contributed by atoms with Crippen molar-refractivity contribution >= 4 is 16.9 Å². The lowest BCUT2D eigenvalue weighted by molar-refractivity contribution is 0.264. The highest BCUT2D eigenvalue weighted by molar-refractivity contribution is 5.94. The number of aliphatic imine (C=N–C) groups is 1. The Kier molecular flexibility index (Phi) is 3.71. The molecule has 3 aromatic carbocycles. The number of rotatable bonds is 2. The molecule has 4 aromatic rings. The second-order valence-electron chi connectivity index (χ2n) is 7.65. The molecule has 0 saturated carbocycles. The molecule has 0 fully saturated rings. The van der Waals surface area contributed by atoms with E-state index in [4.69, 9.17) is 24.9 Å². The largest absolute Gasteiger partial charge is 0.497 e. The number of nitrogens with zero attached hydrogens (tertiary/aromatic N) is 2. The SMILES string of the molecule is COc1ccc2c(c1)[C@]1(COC(N)=N1)c1cc(-c3cccc4cccnc34)ccc1O2. The van der Waals surface area contributed by atoms with Crippen molar-refractivity contribution in [2.24, 2.45) is 10.7 Å². The van der Waals surface area contributed by atoms with Gasteiger partial charge in [0.25, 0.3) is 6.02 Å². The number of hydrogen-bond donors (Lipinski definition) is 1. The van der Waals surface area contributed by atoms with Crippen LogP contribution in [0.5, 0.6) is 17.2 Å². The smallest absolute Gasteiger partial charge is 0.283 e. The van der Waals surface area contributed by atoms with E-state index < -0.39 is 5.54 Å². The number of nitrogens with two attached hydrogens (primary N) is 1. The van der Waals surface area contributed by atoms with E-state index in [2.05, 4.69) is 29.2 Å². The van der Waals surface area contributed by atoms with E-state index in [9.17, 15) is 0 Å². The predicted molar refractivity (Wildman–Crippen MR) is 119 cm³/mol. The minimum atomic E-state index is -0.796. The Morgan fingerprint density at radius 1 is 0.968 bits per heavy atom. The lowest BCUT2D eigenvalue weighted by atomic mass is 9.80. The van der Waals surface area contributed by atoms with Crippen LogP contribution in [0.2, 0.25) is 0 Å². The molecule has 0 saturated heterocycles. The monoisotopic (exact) mass is 409 g/mol. The van der Waals surface area contributed by atoms with Crippen LogP contribution >= 0.6 is 0 Å². The molecule has 1 aromatic heterocycles. The summed E-state index contributed by atoms with van der Waals surface area (Å²) in [6, 6.07) is 22.2. The highest BCUT2D eigenvalue weighted by atomic mass is 16.5. The van der Waals surface area contributed by atoms with Crippen LogP contribution in [0.4, 0.5) is 0 Å². The standard InChI is InChI=1S/C25H19N3O3/c1-29-17-8-10-22-20(13-17)25(14-30-24(26)28-25)19-12-16(7-9-21(19)31-22)18-6-2-4-15-5-3-11-27-23(15)18/h2-13H,14H2,1H3,(H2,26,28)/t25-/m0/s1. The summed E-state index contributed by atoms with van der Waals surface area (Å²) in [5, 5.41) is 1.09. The quantitative estimate of drug-likeness (QED) is 0.523. The second-order valence-corrected chi connectivity index (χ2v) is 7.65. The third-order valence-electron chi connectivity index (χ3n) is 5.95. The van der Waals surface area contributed by atoms with Crippen molar-refractivity contribution in [2.75, 3.05) is 13.7 Å². The van der Waals surface area contributed by atoms with E-state index >= 15 is 0 Å². The molecule has 0 unspecified atom stereocenters. The highest BCUT2D eigenvalue weighted by Crippen LogP contribution is 2.52. The summed E-state index contributed by atoms with van der Waals surface area (Å²) in [5.74, 6) is 2.17. The molecule has 6 rings (SSSR count). The summed E-state index contributed by atoms with van der Waals surface area (Å²) in [6.45, 7) is 0.298. The molecule has 3 heterocycles. The number of amidine groups is 1. The topological polar surface area (TPSA) is 79.0 Å². The van der Waals surface area contributed by atoms with Crippen molar-refractivity contribution in [3.8, 4) is 28.4 Å². The Hall–Kier alpha value is -4.06. The molecule has 1 spiro atoms. The number of pyridine rings is 1. The van der Waals surface area contributed by atoms with E-state index in [1.165, 1.54) is 0 Å². The first-order valence-electron chi connectivity index (χ1n) is 10.0. The van der Waals surface area contributed by atoms with Crippen molar-refractivity contribution in [2.45, 2.75) is 5.54 Å². The van der Waals surface area contributed by atoms with Crippen molar-refractivity contribution in [3.05, 3.63) is 84.1 Å². The zero-order valence-corrected chi connectivity index (χ0v) is 16.8. The average molecular weight is 409 g/mol. The average Bonchev–Trinajstić information content (AvgIpc) is 3.21. The molecule has 152 valence electrons. The third-order valence-corrected chi connectivity index (χ3v) is 5.95. The lowest BCUT2D eigenvalue weighted by Gasteiger charge is -2.34. The van der Waals surface area contributed by atoms with Crippen LogP contribution in [0.25, 0.3) is 22.0 Å². The van der Waals surface area contributed by atoms with E-state index in [-0.39, 0.29) is 6.02 Å². The molecule has 0 aliphatic carbocycles. The van der Waals surface area contributed by atoms with Gasteiger partial charge < -0.3 is 19.9 Å². The first-order valence-corrected chi connectivity index (χ1v) is 10.0.